The van der Waals surface area contributed by atoms with Crippen molar-refractivity contribution in [1.29, 1.82) is 0 Å². The molecule has 35 heavy (non-hydrogen) atoms. The van der Waals surface area contributed by atoms with E-state index in [0.717, 1.165) is 16.8 Å². The van der Waals surface area contributed by atoms with Gasteiger partial charge in [0.05, 0.1) is 24.6 Å². The minimum atomic E-state index is -0.605. The highest BCUT2D eigenvalue weighted by atomic mass is 32.2. The second kappa shape index (κ2) is 10.1. The number of aliphatic imine (C=N–C) groups is 1. The van der Waals surface area contributed by atoms with E-state index in [1.165, 1.54) is 11.8 Å². The first-order valence-corrected chi connectivity index (χ1v) is 12.2. The molecule has 0 fully saturated rings. The normalized spacial score (nSPS) is 19.3. The van der Waals surface area contributed by atoms with Crippen LogP contribution >= 0.6 is 11.8 Å². The fraction of sp³-hybridized carbons (Fsp3) is 0.185. The third-order valence-corrected chi connectivity index (χ3v) is 7.02. The minimum Gasteiger partial charge on any atom is -0.495 e. The van der Waals surface area contributed by atoms with Gasteiger partial charge in [0, 0.05) is 12.8 Å². The van der Waals surface area contributed by atoms with E-state index in [4.69, 9.17) is 9.84 Å². The standard InChI is InChI=1S/C27H24N4O3S/c1-34-23-15-9-8-14-20(23)28-25(32)17-24-26(33)29-27(35-24)31-22(19-12-6-3-7-13-19)16-21(30-31)18-10-4-2-5-11-18/h2-15,22,24H,16-17H2,1H3,(H,28,32)/t22-,24+/m1/s1. The number of ether oxygens (including phenoxy) is 1. The van der Waals surface area contributed by atoms with E-state index in [0.29, 0.717) is 23.0 Å². The van der Waals surface area contributed by atoms with Crippen molar-refractivity contribution in [2.24, 2.45) is 10.1 Å². The first-order valence-electron chi connectivity index (χ1n) is 11.3. The predicted molar refractivity (Wildman–Crippen MR) is 139 cm³/mol. The predicted octanol–water partition coefficient (Wildman–Crippen LogP) is 4.87. The van der Waals surface area contributed by atoms with E-state index in [1.807, 2.05) is 65.7 Å². The summed E-state index contributed by atoms with van der Waals surface area (Å²) < 4.78 is 5.29. The van der Waals surface area contributed by atoms with Gasteiger partial charge in [-0.15, -0.1) is 0 Å². The summed E-state index contributed by atoms with van der Waals surface area (Å²) in [5.41, 5.74) is 3.64. The summed E-state index contributed by atoms with van der Waals surface area (Å²) in [5.74, 6) is -0.0320. The lowest BCUT2D eigenvalue weighted by Crippen LogP contribution is -2.25. The number of thioether (sulfide) groups is 1. The molecular formula is C27H24N4O3S. The van der Waals surface area contributed by atoms with Crippen molar-refractivity contribution >= 4 is 40.1 Å². The van der Waals surface area contributed by atoms with E-state index in [1.54, 1.807) is 19.2 Å². The third kappa shape index (κ3) is 4.97. The van der Waals surface area contributed by atoms with Crippen molar-refractivity contribution < 1.29 is 14.3 Å². The lowest BCUT2D eigenvalue weighted by Gasteiger charge is -2.23. The Morgan fingerprint density at radius 3 is 2.46 bits per heavy atom. The molecule has 8 heteroatoms. The van der Waals surface area contributed by atoms with Gasteiger partial charge in [-0.2, -0.15) is 10.1 Å². The van der Waals surface area contributed by atoms with Gasteiger partial charge in [0.1, 0.15) is 11.0 Å². The Morgan fingerprint density at radius 1 is 1.03 bits per heavy atom. The lowest BCUT2D eigenvalue weighted by atomic mass is 9.99. The SMILES string of the molecule is COc1ccccc1NC(=O)C[C@@H]1SC(N2N=C(c3ccccc3)C[C@@H]2c2ccccc2)=NC1=O. The summed E-state index contributed by atoms with van der Waals surface area (Å²) >= 11 is 1.29. The Hall–Kier alpha value is -3.91. The van der Waals surface area contributed by atoms with E-state index in [2.05, 4.69) is 22.4 Å². The van der Waals surface area contributed by atoms with Crippen molar-refractivity contribution in [1.82, 2.24) is 5.01 Å². The quantitative estimate of drug-likeness (QED) is 0.540. The molecule has 7 nitrogen and oxygen atoms in total. The number of hydrazone groups is 1. The number of nitrogens with zero attached hydrogens (tertiary/aromatic N) is 3. The van der Waals surface area contributed by atoms with Crippen LogP contribution in [-0.2, 0) is 9.59 Å². The Balaban J connectivity index is 1.33. The van der Waals surface area contributed by atoms with E-state index in [9.17, 15) is 9.59 Å². The second-order valence-electron chi connectivity index (χ2n) is 8.18. The highest BCUT2D eigenvalue weighted by molar-refractivity contribution is 8.15. The molecule has 3 aromatic rings. The van der Waals surface area contributed by atoms with E-state index < -0.39 is 5.25 Å². The average Bonchev–Trinajstić information content (AvgIpc) is 3.49. The minimum absolute atomic E-state index is 0.00759. The fourth-order valence-electron chi connectivity index (χ4n) is 4.15. The number of benzene rings is 3. The summed E-state index contributed by atoms with van der Waals surface area (Å²) in [6.07, 6.45) is 0.703. The van der Waals surface area contributed by atoms with Gasteiger partial charge in [0.15, 0.2) is 5.17 Å². The first kappa shape index (κ1) is 22.9. The number of carbonyl (C=O) groups excluding carboxylic acids is 2. The molecule has 2 aliphatic rings. The van der Waals surface area contributed by atoms with Gasteiger partial charge in [-0.25, -0.2) is 5.01 Å². The highest BCUT2D eigenvalue weighted by Gasteiger charge is 2.39. The molecule has 0 aromatic heterocycles. The Bertz CT molecular complexity index is 1290. The molecule has 2 aliphatic heterocycles. The van der Waals surface area contributed by atoms with Crippen molar-refractivity contribution in [2.45, 2.75) is 24.1 Å². The molecule has 176 valence electrons. The van der Waals surface area contributed by atoms with Crippen molar-refractivity contribution in [2.75, 3.05) is 12.4 Å². The van der Waals surface area contributed by atoms with Crippen LogP contribution in [0.25, 0.3) is 0 Å². The Kier molecular flexibility index (Phi) is 6.63. The van der Waals surface area contributed by atoms with Crippen LogP contribution in [0.1, 0.15) is 30.0 Å². The largest absolute Gasteiger partial charge is 0.495 e. The fourth-order valence-corrected chi connectivity index (χ4v) is 5.21. The molecule has 0 bridgehead atoms. The number of hydrogen-bond acceptors (Lipinski definition) is 6. The summed E-state index contributed by atoms with van der Waals surface area (Å²) in [7, 11) is 1.55. The van der Waals surface area contributed by atoms with Crippen LogP contribution in [0.2, 0.25) is 0 Å². The average molecular weight is 485 g/mol. The van der Waals surface area contributed by atoms with Gasteiger partial charge in [-0.1, -0.05) is 84.6 Å². The van der Waals surface area contributed by atoms with Crippen molar-refractivity contribution in [3.63, 3.8) is 0 Å². The molecule has 0 aliphatic carbocycles. The topological polar surface area (TPSA) is 83.4 Å². The molecule has 1 N–H and O–H groups in total. The Morgan fingerprint density at radius 2 is 1.71 bits per heavy atom. The molecule has 2 amide bonds. The van der Waals surface area contributed by atoms with Crippen LogP contribution in [0.5, 0.6) is 5.75 Å². The molecule has 0 radical (unpaired) electrons. The summed E-state index contributed by atoms with van der Waals surface area (Å²) in [6.45, 7) is 0. The van der Waals surface area contributed by atoms with Crippen LogP contribution in [0.15, 0.2) is 95.0 Å². The molecule has 2 atom stereocenters. The first-order chi connectivity index (χ1) is 17.1. The maximum Gasteiger partial charge on any atom is 0.262 e. The van der Waals surface area contributed by atoms with Crippen LogP contribution < -0.4 is 10.1 Å². The van der Waals surface area contributed by atoms with Gasteiger partial charge in [0.2, 0.25) is 5.91 Å². The smallest absolute Gasteiger partial charge is 0.262 e. The zero-order chi connectivity index (χ0) is 24.2. The summed E-state index contributed by atoms with van der Waals surface area (Å²) in [5, 5.41) is 9.45. The lowest BCUT2D eigenvalue weighted by molar-refractivity contribution is -0.121. The molecule has 3 aromatic carbocycles. The highest BCUT2D eigenvalue weighted by Crippen LogP contribution is 2.38. The Labute approximate surface area is 207 Å². The number of hydrogen-bond donors (Lipinski definition) is 1. The number of methoxy groups -OCH3 is 1. The van der Waals surface area contributed by atoms with Gasteiger partial charge in [0.25, 0.3) is 5.91 Å². The van der Waals surface area contributed by atoms with Gasteiger partial charge in [-0.05, 0) is 23.3 Å². The molecular weight excluding hydrogens is 460 g/mol. The third-order valence-electron chi connectivity index (χ3n) is 5.88. The molecule has 5 rings (SSSR count). The maximum atomic E-state index is 12.8. The molecule has 0 unspecified atom stereocenters. The maximum absolute atomic E-state index is 12.8. The van der Waals surface area contributed by atoms with Gasteiger partial charge < -0.3 is 10.1 Å². The summed E-state index contributed by atoms with van der Waals surface area (Å²) in [6, 6.07) is 27.2. The number of anilines is 1. The van der Waals surface area contributed by atoms with Crippen LogP contribution in [0.3, 0.4) is 0 Å². The number of nitrogens with one attached hydrogen (secondary N) is 1. The second-order valence-corrected chi connectivity index (χ2v) is 9.35. The monoisotopic (exact) mass is 484 g/mol. The van der Waals surface area contributed by atoms with Gasteiger partial charge in [-0.3, -0.25) is 9.59 Å². The van der Waals surface area contributed by atoms with Gasteiger partial charge >= 0.3 is 0 Å². The number of carbonyl (C=O) groups is 2. The molecule has 0 saturated heterocycles. The van der Waals surface area contributed by atoms with Crippen molar-refractivity contribution in [3.05, 3.63) is 96.1 Å². The molecule has 0 spiro atoms. The zero-order valence-electron chi connectivity index (χ0n) is 19.1. The van der Waals surface area contributed by atoms with Crippen molar-refractivity contribution in [3.8, 4) is 5.75 Å². The van der Waals surface area contributed by atoms with E-state index >= 15 is 0 Å². The van der Waals surface area contributed by atoms with E-state index in [-0.39, 0.29) is 24.3 Å². The molecule has 2 heterocycles. The zero-order valence-corrected chi connectivity index (χ0v) is 19.9. The van der Waals surface area contributed by atoms with Crippen LogP contribution in [0, 0.1) is 0 Å². The van der Waals surface area contributed by atoms with Crippen LogP contribution in [-0.4, -0.2) is 40.1 Å². The number of amides is 2. The number of rotatable bonds is 6. The number of para-hydroxylation sites is 2. The number of amidine groups is 1. The molecule has 0 saturated carbocycles. The summed E-state index contributed by atoms with van der Waals surface area (Å²) in [4.78, 5) is 29.8. The van der Waals surface area contributed by atoms with Crippen LogP contribution in [0.4, 0.5) is 5.69 Å².